The van der Waals surface area contributed by atoms with E-state index in [1.165, 1.54) is 5.56 Å². The van der Waals surface area contributed by atoms with Crippen molar-refractivity contribution in [3.05, 3.63) is 95.6 Å². The molecule has 0 saturated heterocycles. The van der Waals surface area contributed by atoms with Crippen LogP contribution in [0.4, 0.5) is 0 Å². The predicted molar refractivity (Wildman–Crippen MR) is 146 cm³/mol. The van der Waals surface area contributed by atoms with Gasteiger partial charge < -0.3 is 14.2 Å². The molecule has 0 N–H and O–H groups in total. The molecular weight excluding hydrogens is 633 g/mol. The Bertz CT molecular complexity index is 1320. The molecule has 3 aromatic carbocycles. The number of halogens is 3. The Morgan fingerprint density at radius 1 is 1.15 bits per heavy atom. The number of ether oxygens (including phenoxy) is 3. The van der Waals surface area contributed by atoms with Crippen LogP contribution in [0.15, 0.2) is 69.8 Å². The topological polar surface area (TPSA) is 57.1 Å². The number of aryl methyl sites for hydroxylation is 1. The van der Waals surface area contributed by atoms with Gasteiger partial charge in [0.1, 0.15) is 6.61 Å². The van der Waals surface area contributed by atoms with Crippen LogP contribution in [0, 0.1) is 10.5 Å². The highest BCUT2D eigenvalue weighted by molar-refractivity contribution is 14.1. The molecule has 0 spiro atoms. The van der Waals surface area contributed by atoms with Gasteiger partial charge in [0.15, 0.2) is 17.2 Å². The third-order valence-electron chi connectivity index (χ3n) is 4.88. The highest BCUT2D eigenvalue weighted by Gasteiger charge is 2.26. The fraction of sp³-hybridized carbons (Fsp3) is 0.154. The molecule has 0 unspecified atom stereocenters. The van der Waals surface area contributed by atoms with E-state index in [4.69, 9.17) is 25.8 Å². The van der Waals surface area contributed by atoms with Crippen LogP contribution < -0.4 is 9.47 Å². The first-order valence-electron chi connectivity index (χ1n) is 10.5. The van der Waals surface area contributed by atoms with Crippen LogP contribution in [0.5, 0.6) is 11.5 Å². The van der Waals surface area contributed by atoms with E-state index >= 15 is 0 Å². The van der Waals surface area contributed by atoms with Crippen molar-refractivity contribution in [1.29, 1.82) is 0 Å². The molecule has 1 aliphatic rings. The van der Waals surface area contributed by atoms with Gasteiger partial charge in [-0.2, -0.15) is 0 Å². The zero-order valence-electron chi connectivity index (χ0n) is 18.4. The van der Waals surface area contributed by atoms with E-state index in [-0.39, 0.29) is 11.6 Å². The lowest BCUT2D eigenvalue weighted by molar-refractivity contribution is -0.129. The summed E-state index contributed by atoms with van der Waals surface area (Å²) >= 11 is 12.0. The molecule has 0 saturated carbocycles. The molecule has 0 atom stereocenters. The summed E-state index contributed by atoms with van der Waals surface area (Å²) in [5.74, 6) is 0.794. The highest BCUT2D eigenvalue weighted by Crippen LogP contribution is 2.38. The Morgan fingerprint density at radius 2 is 1.97 bits per heavy atom. The van der Waals surface area contributed by atoms with Gasteiger partial charge in [-0.25, -0.2) is 9.79 Å². The van der Waals surface area contributed by atoms with Crippen molar-refractivity contribution >= 4 is 68.1 Å². The molecule has 1 heterocycles. The van der Waals surface area contributed by atoms with Crippen molar-refractivity contribution in [1.82, 2.24) is 0 Å². The number of rotatable bonds is 7. The summed E-state index contributed by atoms with van der Waals surface area (Å²) in [4.78, 5) is 16.9. The first-order valence-corrected chi connectivity index (χ1v) is 12.7. The van der Waals surface area contributed by atoms with E-state index in [0.29, 0.717) is 45.3 Å². The summed E-state index contributed by atoms with van der Waals surface area (Å²) in [5.41, 5.74) is 3.69. The van der Waals surface area contributed by atoms with Crippen LogP contribution in [0.3, 0.4) is 0 Å². The van der Waals surface area contributed by atoms with E-state index in [0.717, 1.165) is 9.13 Å². The minimum Gasteiger partial charge on any atom is -0.490 e. The van der Waals surface area contributed by atoms with Gasteiger partial charge in [0.05, 0.1) is 21.7 Å². The van der Waals surface area contributed by atoms with Gasteiger partial charge in [0, 0.05) is 3.57 Å². The Morgan fingerprint density at radius 3 is 2.74 bits per heavy atom. The third kappa shape index (κ3) is 5.82. The second-order valence-electron chi connectivity index (χ2n) is 7.50. The highest BCUT2D eigenvalue weighted by atomic mass is 127. The molecule has 1 aliphatic heterocycles. The van der Waals surface area contributed by atoms with Crippen molar-refractivity contribution < 1.29 is 19.0 Å². The van der Waals surface area contributed by atoms with Gasteiger partial charge in [-0.15, -0.1) is 0 Å². The predicted octanol–water partition coefficient (Wildman–Crippen LogP) is 7.34. The second-order valence-corrected chi connectivity index (χ2v) is 10.0. The molecule has 8 heteroatoms. The molecule has 3 aromatic rings. The number of nitrogens with zero attached hydrogens (tertiary/aromatic N) is 1. The Kier molecular flexibility index (Phi) is 7.95. The number of carbonyl (C=O) groups is 1. The standard InChI is InChI=1S/C26H20BrClINO4/c1-3-32-23-12-17(10-20(27)24(23)33-14-16-6-4-5-15(2)9-16)11-22-26(31)34-25(30-22)19-13-18(29)7-8-21(19)28/h4-13H,3,14H2,1-2H3/b22-11-. The molecule has 0 bridgehead atoms. The van der Waals surface area contributed by atoms with Crippen LogP contribution in [0.2, 0.25) is 5.02 Å². The molecule has 0 amide bonds. The van der Waals surface area contributed by atoms with Crippen molar-refractivity contribution in [2.24, 2.45) is 4.99 Å². The van der Waals surface area contributed by atoms with E-state index in [2.05, 4.69) is 49.6 Å². The van der Waals surface area contributed by atoms with Crippen molar-refractivity contribution in [3.8, 4) is 11.5 Å². The van der Waals surface area contributed by atoms with Gasteiger partial charge in [-0.05, 0) is 99.9 Å². The van der Waals surface area contributed by atoms with Gasteiger partial charge >= 0.3 is 5.97 Å². The number of carbonyl (C=O) groups excluding carboxylic acids is 1. The Balaban J connectivity index is 1.63. The van der Waals surface area contributed by atoms with E-state index < -0.39 is 5.97 Å². The summed E-state index contributed by atoms with van der Waals surface area (Å²) in [7, 11) is 0. The van der Waals surface area contributed by atoms with Crippen molar-refractivity contribution in [3.63, 3.8) is 0 Å². The lowest BCUT2D eigenvalue weighted by Gasteiger charge is -2.15. The van der Waals surface area contributed by atoms with Crippen molar-refractivity contribution in [2.75, 3.05) is 6.61 Å². The van der Waals surface area contributed by atoms with Crippen LogP contribution in [0.1, 0.15) is 29.2 Å². The summed E-state index contributed by atoms with van der Waals surface area (Å²) < 4.78 is 19.0. The SMILES string of the molecule is CCOc1cc(/C=C2\N=C(c3cc(I)ccc3Cl)OC2=O)cc(Br)c1OCc1cccc(C)c1. The molecular formula is C26H20BrClINO4. The number of benzene rings is 3. The fourth-order valence-corrected chi connectivity index (χ4v) is 4.64. The van der Waals surface area contributed by atoms with Gasteiger partial charge in [-0.3, -0.25) is 0 Å². The maximum atomic E-state index is 12.5. The molecule has 0 aromatic heterocycles. The first kappa shape index (κ1) is 24.8. The summed E-state index contributed by atoms with van der Waals surface area (Å²) in [6.45, 7) is 4.81. The van der Waals surface area contributed by atoms with Crippen LogP contribution >= 0.6 is 50.1 Å². The fourth-order valence-electron chi connectivity index (χ4n) is 3.38. The monoisotopic (exact) mass is 651 g/mol. The summed E-state index contributed by atoms with van der Waals surface area (Å²) in [5, 5.41) is 0.463. The maximum Gasteiger partial charge on any atom is 0.363 e. The molecule has 0 radical (unpaired) electrons. The zero-order valence-corrected chi connectivity index (χ0v) is 22.9. The molecule has 4 rings (SSSR count). The molecule has 0 aliphatic carbocycles. The van der Waals surface area contributed by atoms with E-state index in [9.17, 15) is 4.79 Å². The van der Waals surface area contributed by atoms with Gasteiger partial charge in [0.2, 0.25) is 5.90 Å². The molecule has 34 heavy (non-hydrogen) atoms. The number of hydrogen-bond donors (Lipinski definition) is 0. The first-order chi connectivity index (χ1) is 16.3. The van der Waals surface area contributed by atoms with E-state index in [1.54, 1.807) is 12.1 Å². The quantitative estimate of drug-likeness (QED) is 0.152. The number of cyclic esters (lactones) is 1. The largest absolute Gasteiger partial charge is 0.490 e. The molecule has 5 nitrogen and oxygen atoms in total. The lowest BCUT2D eigenvalue weighted by Crippen LogP contribution is -2.06. The van der Waals surface area contributed by atoms with Gasteiger partial charge in [0.25, 0.3) is 0 Å². The normalized spacial score (nSPS) is 14.2. The van der Waals surface area contributed by atoms with Crippen LogP contribution in [0.25, 0.3) is 6.08 Å². The number of esters is 1. The second kappa shape index (κ2) is 10.9. The summed E-state index contributed by atoms with van der Waals surface area (Å²) in [6, 6.07) is 17.2. The minimum atomic E-state index is -0.543. The summed E-state index contributed by atoms with van der Waals surface area (Å²) in [6.07, 6.45) is 1.65. The number of aliphatic imine (C=N–C) groups is 1. The van der Waals surface area contributed by atoms with E-state index in [1.807, 2.05) is 56.3 Å². The average molecular weight is 653 g/mol. The number of hydrogen-bond acceptors (Lipinski definition) is 5. The zero-order chi connectivity index (χ0) is 24.2. The van der Waals surface area contributed by atoms with Gasteiger partial charge in [-0.1, -0.05) is 41.4 Å². The minimum absolute atomic E-state index is 0.174. The Labute approximate surface area is 225 Å². The maximum absolute atomic E-state index is 12.5. The molecule has 0 fully saturated rings. The van der Waals surface area contributed by atoms with Crippen LogP contribution in [-0.4, -0.2) is 18.5 Å². The smallest absolute Gasteiger partial charge is 0.363 e. The Hall–Kier alpha value is -2.36. The average Bonchev–Trinajstić information content (AvgIpc) is 3.15. The van der Waals surface area contributed by atoms with Crippen LogP contribution in [-0.2, 0) is 16.1 Å². The lowest BCUT2D eigenvalue weighted by atomic mass is 10.1. The van der Waals surface area contributed by atoms with Crippen molar-refractivity contribution in [2.45, 2.75) is 20.5 Å². The molecule has 174 valence electrons. The third-order valence-corrected chi connectivity index (χ3v) is 6.47.